The fourth-order valence-electron chi connectivity index (χ4n) is 4.33. The van der Waals surface area contributed by atoms with Gasteiger partial charge in [0.15, 0.2) is 5.79 Å². The summed E-state index contributed by atoms with van der Waals surface area (Å²) in [4.78, 5) is 10.9. The van der Waals surface area contributed by atoms with E-state index in [1.54, 1.807) is 0 Å². The van der Waals surface area contributed by atoms with Gasteiger partial charge in [-0.25, -0.2) is 0 Å². The zero-order chi connectivity index (χ0) is 14.9. The Morgan fingerprint density at radius 3 is 1.90 bits per heavy atom. The molecule has 0 radical (unpaired) electrons. The molecule has 120 valence electrons. The molecule has 0 N–H and O–H groups in total. The van der Waals surface area contributed by atoms with Gasteiger partial charge in [-0.15, -0.1) is 0 Å². The van der Waals surface area contributed by atoms with Crippen LogP contribution in [0, 0.1) is 23.2 Å². The van der Waals surface area contributed by atoms with Gasteiger partial charge in [-0.1, -0.05) is 13.8 Å². The maximum Gasteiger partial charge on any atom is 0.168 e. The van der Waals surface area contributed by atoms with E-state index in [2.05, 4.69) is 13.8 Å². The molecule has 3 nitrogen and oxygen atoms in total. The summed E-state index contributed by atoms with van der Waals surface area (Å²) in [5, 5.41) is 0. The van der Waals surface area contributed by atoms with Crippen molar-refractivity contribution < 1.29 is 14.3 Å². The van der Waals surface area contributed by atoms with Crippen molar-refractivity contribution in [2.45, 2.75) is 71.0 Å². The van der Waals surface area contributed by atoms with Gasteiger partial charge in [0.2, 0.25) is 0 Å². The van der Waals surface area contributed by atoms with Gasteiger partial charge < -0.3 is 14.3 Å². The van der Waals surface area contributed by atoms with Crippen molar-refractivity contribution in [1.82, 2.24) is 0 Å². The van der Waals surface area contributed by atoms with Crippen LogP contribution in [0.15, 0.2) is 0 Å². The van der Waals surface area contributed by atoms with Gasteiger partial charge >= 0.3 is 0 Å². The molecule has 0 aromatic heterocycles. The van der Waals surface area contributed by atoms with Crippen LogP contribution in [-0.2, 0) is 14.3 Å². The second kappa shape index (κ2) is 6.00. The molecule has 2 aliphatic carbocycles. The summed E-state index contributed by atoms with van der Waals surface area (Å²) in [6, 6.07) is 0. The Morgan fingerprint density at radius 1 is 0.857 bits per heavy atom. The highest BCUT2D eigenvalue weighted by Gasteiger charge is 2.44. The zero-order valence-electron chi connectivity index (χ0n) is 13.6. The van der Waals surface area contributed by atoms with Gasteiger partial charge in [-0.2, -0.15) is 0 Å². The van der Waals surface area contributed by atoms with Crippen LogP contribution in [0.3, 0.4) is 0 Å². The summed E-state index contributed by atoms with van der Waals surface area (Å²) in [5.41, 5.74) is 0.162. The minimum absolute atomic E-state index is 0.162. The fourth-order valence-corrected chi connectivity index (χ4v) is 4.33. The van der Waals surface area contributed by atoms with Crippen LogP contribution in [0.5, 0.6) is 0 Å². The summed E-state index contributed by atoms with van der Waals surface area (Å²) in [6.07, 6.45) is 10.5. The largest absolute Gasteiger partial charge is 0.349 e. The Kier molecular flexibility index (Phi) is 4.42. The molecule has 1 aliphatic heterocycles. The van der Waals surface area contributed by atoms with E-state index >= 15 is 0 Å². The number of ether oxygens (including phenoxy) is 2. The van der Waals surface area contributed by atoms with Crippen LogP contribution in [0.2, 0.25) is 0 Å². The molecule has 1 spiro atoms. The predicted octanol–water partition coefficient (Wildman–Crippen LogP) is 3.95. The highest BCUT2D eigenvalue weighted by atomic mass is 16.7. The molecule has 3 aliphatic rings. The molecule has 0 aromatic carbocycles. The van der Waals surface area contributed by atoms with Crippen LogP contribution < -0.4 is 0 Å². The van der Waals surface area contributed by atoms with Crippen molar-refractivity contribution in [3.05, 3.63) is 0 Å². The Bertz CT molecular complexity index is 349. The number of carbonyl (C=O) groups is 1. The van der Waals surface area contributed by atoms with Crippen LogP contribution in [0.1, 0.15) is 65.2 Å². The molecular weight excluding hydrogens is 264 g/mol. The van der Waals surface area contributed by atoms with Crippen molar-refractivity contribution in [3.8, 4) is 0 Å². The first-order valence-corrected chi connectivity index (χ1v) is 8.75. The molecule has 3 rings (SSSR count). The molecule has 0 aromatic rings. The van der Waals surface area contributed by atoms with E-state index < -0.39 is 0 Å². The molecule has 2 saturated carbocycles. The average Bonchev–Trinajstić information content (AvgIpc) is 2.52. The molecule has 0 unspecified atom stereocenters. The Morgan fingerprint density at radius 2 is 1.38 bits per heavy atom. The standard InChI is InChI=1S/C18H30O3/c1-17(2)12-20-18(21-13-17)9-7-16(8-10-18)15-5-3-14(11-19)4-6-15/h11,14-16H,3-10,12-13H2,1-2H3. The quantitative estimate of drug-likeness (QED) is 0.723. The highest BCUT2D eigenvalue weighted by molar-refractivity contribution is 5.53. The SMILES string of the molecule is CC1(C)COC2(CCC(C3CCC(C=O)CC3)CC2)OC1. The number of carbonyl (C=O) groups excluding carboxylic acids is 1. The van der Waals surface area contributed by atoms with E-state index in [9.17, 15) is 4.79 Å². The molecule has 1 heterocycles. The van der Waals surface area contributed by atoms with E-state index in [4.69, 9.17) is 9.47 Å². The third-order valence-corrected chi connectivity index (χ3v) is 5.92. The lowest BCUT2D eigenvalue weighted by molar-refractivity contribution is -0.313. The Balaban J connectivity index is 1.48. The van der Waals surface area contributed by atoms with Crippen molar-refractivity contribution in [2.75, 3.05) is 13.2 Å². The lowest BCUT2D eigenvalue weighted by atomic mass is 9.70. The van der Waals surface area contributed by atoms with Crippen LogP contribution >= 0.6 is 0 Å². The molecule has 0 atom stereocenters. The monoisotopic (exact) mass is 294 g/mol. The summed E-state index contributed by atoms with van der Waals surface area (Å²) >= 11 is 0. The van der Waals surface area contributed by atoms with Crippen LogP contribution in [-0.4, -0.2) is 25.3 Å². The summed E-state index contributed by atoms with van der Waals surface area (Å²) in [6.45, 7) is 6.05. The predicted molar refractivity (Wildman–Crippen MR) is 81.9 cm³/mol. The fraction of sp³-hybridized carbons (Fsp3) is 0.944. The number of rotatable bonds is 2. The van der Waals surface area contributed by atoms with E-state index in [1.165, 1.54) is 25.7 Å². The summed E-state index contributed by atoms with van der Waals surface area (Å²) in [7, 11) is 0. The maximum atomic E-state index is 10.9. The topological polar surface area (TPSA) is 35.5 Å². The normalized spacial score (nSPS) is 36.5. The first kappa shape index (κ1) is 15.5. The first-order valence-electron chi connectivity index (χ1n) is 8.75. The van der Waals surface area contributed by atoms with E-state index in [0.717, 1.165) is 57.0 Å². The smallest absolute Gasteiger partial charge is 0.168 e. The molecule has 3 heteroatoms. The Labute approximate surface area is 128 Å². The highest BCUT2D eigenvalue weighted by Crippen LogP contribution is 2.45. The van der Waals surface area contributed by atoms with Crippen LogP contribution in [0.4, 0.5) is 0 Å². The van der Waals surface area contributed by atoms with Gasteiger partial charge in [-0.05, 0) is 50.4 Å². The average molecular weight is 294 g/mol. The van der Waals surface area contributed by atoms with E-state index in [0.29, 0.717) is 5.92 Å². The molecular formula is C18H30O3. The van der Waals surface area contributed by atoms with Crippen molar-refractivity contribution in [1.29, 1.82) is 0 Å². The van der Waals surface area contributed by atoms with Crippen LogP contribution in [0.25, 0.3) is 0 Å². The molecule has 3 fully saturated rings. The van der Waals surface area contributed by atoms with Crippen molar-refractivity contribution in [3.63, 3.8) is 0 Å². The summed E-state index contributed by atoms with van der Waals surface area (Å²) in [5.74, 6) is 1.72. The number of hydrogen-bond donors (Lipinski definition) is 0. The lowest BCUT2D eigenvalue weighted by Gasteiger charge is -2.48. The third-order valence-electron chi connectivity index (χ3n) is 5.92. The molecule has 0 bridgehead atoms. The van der Waals surface area contributed by atoms with Gasteiger partial charge in [-0.3, -0.25) is 0 Å². The number of hydrogen-bond acceptors (Lipinski definition) is 3. The first-order chi connectivity index (χ1) is 10.0. The molecule has 1 saturated heterocycles. The van der Waals surface area contributed by atoms with Gasteiger partial charge in [0.1, 0.15) is 6.29 Å². The third kappa shape index (κ3) is 3.50. The molecule has 0 amide bonds. The van der Waals surface area contributed by atoms with E-state index in [1.807, 2.05) is 0 Å². The minimum atomic E-state index is -0.272. The molecule has 21 heavy (non-hydrogen) atoms. The maximum absolute atomic E-state index is 10.9. The Hall–Kier alpha value is -0.410. The summed E-state index contributed by atoms with van der Waals surface area (Å²) < 4.78 is 12.2. The van der Waals surface area contributed by atoms with E-state index in [-0.39, 0.29) is 11.2 Å². The lowest BCUT2D eigenvalue weighted by Crippen LogP contribution is -2.49. The van der Waals surface area contributed by atoms with Gasteiger partial charge in [0, 0.05) is 24.2 Å². The van der Waals surface area contributed by atoms with Crippen molar-refractivity contribution >= 4 is 6.29 Å². The number of aldehydes is 1. The zero-order valence-corrected chi connectivity index (χ0v) is 13.6. The van der Waals surface area contributed by atoms with Crippen molar-refractivity contribution in [2.24, 2.45) is 23.2 Å². The second-order valence-electron chi connectivity index (χ2n) is 8.30. The second-order valence-corrected chi connectivity index (χ2v) is 8.30. The van der Waals surface area contributed by atoms with Gasteiger partial charge in [0.05, 0.1) is 13.2 Å². The van der Waals surface area contributed by atoms with Gasteiger partial charge in [0.25, 0.3) is 0 Å². The minimum Gasteiger partial charge on any atom is -0.349 e.